The molecule has 2 aliphatic rings. The van der Waals surface area contributed by atoms with E-state index >= 15 is 0 Å². The number of ether oxygens (including phenoxy) is 1. The fourth-order valence-corrected chi connectivity index (χ4v) is 1.73. The zero-order chi connectivity index (χ0) is 9.54. The number of nitrogens with two attached hydrogens (primary N) is 1. The highest BCUT2D eigenvalue weighted by Gasteiger charge is 2.34. The van der Waals surface area contributed by atoms with E-state index in [-0.39, 0.29) is 12.1 Å². The van der Waals surface area contributed by atoms with E-state index in [1.54, 1.807) is 0 Å². The summed E-state index contributed by atoms with van der Waals surface area (Å²) in [6.07, 6.45) is 3.04. The summed E-state index contributed by atoms with van der Waals surface area (Å²) >= 11 is 0. The maximum Gasteiger partial charge on any atom is 0.257 e. The molecular formula is C9H13N3O2. The monoisotopic (exact) mass is 195 g/mol. The van der Waals surface area contributed by atoms with Gasteiger partial charge in [0.05, 0.1) is 0 Å². The van der Waals surface area contributed by atoms with Crippen LogP contribution in [0.3, 0.4) is 0 Å². The van der Waals surface area contributed by atoms with E-state index < -0.39 is 0 Å². The van der Waals surface area contributed by atoms with Crippen molar-refractivity contribution < 1.29 is 9.26 Å². The molecule has 1 aromatic rings. The van der Waals surface area contributed by atoms with Gasteiger partial charge in [0, 0.05) is 18.6 Å². The van der Waals surface area contributed by atoms with Gasteiger partial charge in [0.15, 0.2) is 11.9 Å². The van der Waals surface area contributed by atoms with Gasteiger partial charge in [-0.15, -0.1) is 0 Å². The number of aromatic nitrogens is 2. The van der Waals surface area contributed by atoms with E-state index in [1.165, 1.54) is 12.8 Å². The Labute approximate surface area is 81.6 Å². The Kier molecular flexibility index (Phi) is 1.81. The van der Waals surface area contributed by atoms with Gasteiger partial charge in [0.1, 0.15) is 0 Å². The van der Waals surface area contributed by atoms with E-state index in [0.29, 0.717) is 18.4 Å². The lowest BCUT2D eigenvalue weighted by Gasteiger charge is -2.07. The van der Waals surface area contributed by atoms with Crippen molar-refractivity contribution in [1.82, 2.24) is 10.1 Å². The quantitative estimate of drug-likeness (QED) is 0.753. The summed E-state index contributed by atoms with van der Waals surface area (Å²) in [5.41, 5.74) is 5.86. The molecule has 1 saturated carbocycles. The highest BCUT2D eigenvalue weighted by molar-refractivity contribution is 5.05. The molecular weight excluding hydrogens is 182 g/mol. The second-order valence-corrected chi connectivity index (χ2v) is 4.01. The molecule has 0 bridgehead atoms. The molecule has 0 unspecified atom stereocenters. The molecule has 0 amide bonds. The molecule has 76 valence electrons. The van der Waals surface area contributed by atoms with Crippen molar-refractivity contribution >= 4 is 0 Å². The first-order valence-electron chi connectivity index (χ1n) is 5.05. The van der Waals surface area contributed by atoms with Crippen molar-refractivity contribution in [3.8, 4) is 0 Å². The number of hydrogen-bond donors (Lipinski definition) is 1. The van der Waals surface area contributed by atoms with Crippen LogP contribution < -0.4 is 5.73 Å². The number of nitrogens with zero attached hydrogens (tertiary/aromatic N) is 2. The molecule has 5 nitrogen and oxygen atoms in total. The largest absolute Gasteiger partial charge is 0.367 e. The van der Waals surface area contributed by atoms with Crippen molar-refractivity contribution in [2.24, 2.45) is 5.73 Å². The molecule has 14 heavy (non-hydrogen) atoms. The molecule has 2 N–H and O–H groups in total. The zero-order valence-corrected chi connectivity index (χ0v) is 7.85. The molecule has 1 aromatic heterocycles. The van der Waals surface area contributed by atoms with Crippen molar-refractivity contribution in [3.05, 3.63) is 11.7 Å². The van der Waals surface area contributed by atoms with Crippen LogP contribution >= 0.6 is 0 Å². The Morgan fingerprint density at radius 1 is 1.29 bits per heavy atom. The van der Waals surface area contributed by atoms with Crippen LogP contribution in [0.25, 0.3) is 0 Å². The van der Waals surface area contributed by atoms with E-state index in [0.717, 1.165) is 12.2 Å². The van der Waals surface area contributed by atoms with Crippen molar-refractivity contribution in [1.29, 1.82) is 0 Å². The van der Waals surface area contributed by atoms with Gasteiger partial charge in [-0.05, 0) is 19.3 Å². The first kappa shape index (κ1) is 8.38. The predicted molar refractivity (Wildman–Crippen MR) is 47.6 cm³/mol. The third-order valence-corrected chi connectivity index (χ3v) is 2.78. The first-order valence-corrected chi connectivity index (χ1v) is 5.05. The second-order valence-electron chi connectivity index (χ2n) is 4.01. The minimum atomic E-state index is -0.185. The highest BCUT2D eigenvalue weighted by Crippen LogP contribution is 2.39. The molecule has 3 rings (SSSR count). The fraction of sp³-hybridized carbons (Fsp3) is 0.778. The van der Waals surface area contributed by atoms with Gasteiger partial charge < -0.3 is 15.0 Å². The van der Waals surface area contributed by atoms with Crippen molar-refractivity contribution in [2.75, 3.05) is 6.61 Å². The molecule has 1 aliphatic heterocycles. The van der Waals surface area contributed by atoms with Crippen LogP contribution in [0.5, 0.6) is 0 Å². The molecule has 2 heterocycles. The van der Waals surface area contributed by atoms with Gasteiger partial charge in [0.25, 0.3) is 5.89 Å². The molecule has 0 radical (unpaired) electrons. The zero-order valence-electron chi connectivity index (χ0n) is 7.85. The SMILES string of the molecule is N[C@@H]1CCO[C@H]1c1nc(C2CC2)no1. The maximum atomic E-state index is 5.86. The molecule has 1 aliphatic carbocycles. The Balaban J connectivity index is 1.81. The van der Waals surface area contributed by atoms with Crippen LogP contribution in [-0.2, 0) is 4.74 Å². The Hall–Kier alpha value is -0.940. The third-order valence-electron chi connectivity index (χ3n) is 2.78. The Morgan fingerprint density at radius 2 is 2.14 bits per heavy atom. The average molecular weight is 195 g/mol. The summed E-state index contributed by atoms with van der Waals surface area (Å²) in [4.78, 5) is 4.32. The first-order chi connectivity index (χ1) is 6.84. The van der Waals surface area contributed by atoms with Gasteiger partial charge in [-0.2, -0.15) is 4.98 Å². The predicted octanol–water partition coefficient (Wildman–Crippen LogP) is 0.736. The van der Waals surface area contributed by atoms with E-state index in [1.807, 2.05) is 0 Å². The Morgan fingerprint density at radius 3 is 2.79 bits per heavy atom. The highest BCUT2D eigenvalue weighted by atomic mass is 16.5. The molecule has 2 fully saturated rings. The Bertz CT molecular complexity index is 335. The molecule has 5 heteroatoms. The summed E-state index contributed by atoms with van der Waals surface area (Å²) in [5, 5.41) is 3.94. The van der Waals surface area contributed by atoms with Gasteiger partial charge in [-0.3, -0.25) is 0 Å². The van der Waals surface area contributed by atoms with Crippen LogP contribution in [-0.4, -0.2) is 22.8 Å². The van der Waals surface area contributed by atoms with Gasteiger partial charge in [0.2, 0.25) is 0 Å². The van der Waals surface area contributed by atoms with Crippen LogP contribution in [0.1, 0.15) is 43.0 Å². The lowest BCUT2D eigenvalue weighted by Crippen LogP contribution is -2.23. The lowest BCUT2D eigenvalue weighted by atomic mass is 10.1. The summed E-state index contributed by atoms with van der Waals surface area (Å²) in [6.45, 7) is 0.687. The van der Waals surface area contributed by atoms with Crippen molar-refractivity contribution in [3.63, 3.8) is 0 Å². The normalized spacial score (nSPS) is 32.4. The van der Waals surface area contributed by atoms with Gasteiger partial charge in [-0.25, -0.2) is 0 Å². The number of rotatable bonds is 2. The molecule has 0 spiro atoms. The minimum absolute atomic E-state index is 0.00232. The maximum absolute atomic E-state index is 5.86. The number of hydrogen-bond acceptors (Lipinski definition) is 5. The molecule has 1 saturated heterocycles. The summed E-state index contributed by atoms with van der Waals surface area (Å²) < 4.78 is 10.6. The van der Waals surface area contributed by atoms with Crippen LogP contribution in [0.15, 0.2) is 4.52 Å². The fourth-order valence-electron chi connectivity index (χ4n) is 1.73. The van der Waals surface area contributed by atoms with E-state index in [9.17, 15) is 0 Å². The summed E-state index contributed by atoms with van der Waals surface area (Å²) in [6, 6.07) is 0.00232. The lowest BCUT2D eigenvalue weighted by molar-refractivity contribution is 0.0767. The van der Waals surface area contributed by atoms with Crippen LogP contribution in [0.4, 0.5) is 0 Å². The topological polar surface area (TPSA) is 74.2 Å². The summed E-state index contributed by atoms with van der Waals surface area (Å²) in [7, 11) is 0. The smallest absolute Gasteiger partial charge is 0.257 e. The second kappa shape index (κ2) is 3.03. The van der Waals surface area contributed by atoms with Crippen LogP contribution in [0, 0.1) is 0 Å². The molecule has 0 aromatic carbocycles. The molecule has 2 atom stereocenters. The van der Waals surface area contributed by atoms with Crippen molar-refractivity contribution in [2.45, 2.75) is 37.3 Å². The minimum Gasteiger partial charge on any atom is -0.367 e. The van der Waals surface area contributed by atoms with Crippen LogP contribution in [0.2, 0.25) is 0 Å². The average Bonchev–Trinajstić information content (AvgIpc) is 2.75. The summed E-state index contributed by atoms with van der Waals surface area (Å²) in [5.74, 6) is 1.89. The van der Waals surface area contributed by atoms with E-state index in [4.69, 9.17) is 15.0 Å². The van der Waals surface area contributed by atoms with Gasteiger partial charge >= 0.3 is 0 Å². The third kappa shape index (κ3) is 1.33. The van der Waals surface area contributed by atoms with Gasteiger partial charge in [-0.1, -0.05) is 5.16 Å². The van der Waals surface area contributed by atoms with E-state index in [2.05, 4.69) is 10.1 Å². The standard InChI is InChI=1S/C9H13N3O2/c10-6-3-4-13-7(6)9-11-8(12-14-9)5-1-2-5/h5-7H,1-4,10H2/t6-,7-/m1/s1.